The van der Waals surface area contributed by atoms with Gasteiger partial charge in [-0.1, -0.05) is 17.9 Å². The molecule has 1 rings (SSSR count). The van der Waals surface area contributed by atoms with E-state index < -0.39 is 5.91 Å². The van der Waals surface area contributed by atoms with Gasteiger partial charge in [0.25, 0.3) is 0 Å². The standard InChI is InChI=1S/C15H19FN2O2/c1-11(2)18(10-15(17)20)9-13-5-6-14(16)8-12(13)4-3-7-19/h5-6,8,11,19H,7,9-10H2,1-2H3,(H2,17,20). The minimum atomic E-state index is -0.413. The topological polar surface area (TPSA) is 66.6 Å². The molecule has 0 saturated carbocycles. The molecule has 20 heavy (non-hydrogen) atoms. The number of halogens is 1. The first kappa shape index (κ1) is 16.2. The van der Waals surface area contributed by atoms with Gasteiger partial charge in [0.2, 0.25) is 5.91 Å². The Labute approximate surface area is 118 Å². The zero-order valence-electron chi connectivity index (χ0n) is 11.7. The Kier molecular flexibility index (Phi) is 6.16. The van der Waals surface area contributed by atoms with Gasteiger partial charge < -0.3 is 10.8 Å². The molecule has 1 aromatic carbocycles. The zero-order valence-corrected chi connectivity index (χ0v) is 11.7. The largest absolute Gasteiger partial charge is 0.384 e. The third-order valence-corrected chi connectivity index (χ3v) is 2.84. The molecular weight excluding hydrogens is 259 g/mol. The molecule has 0 saturated heterocycles. The van der Waals surface area contributed by atoms with Crippen LogP contribution in [0.2, 0.25) is 0 Å². The van der Waals surface area contributed by atoms with Crippen molar-refractivity contribution in [3.63, 3.8) is 0 Å². The third kappa shape index (κ3) is 5.00. The summed E-state index contributed by atoms with van der Waals surface area (Å²) < 4.78 is 13.3. The lowest BCUT2D eigenvalue weighted by molar-refractivity contribution is -0.119. The van der Waals surface area contributed by atoms with Crippen LogP contribution in [0.4, 0.5) is 4.39 Å². The van der Waals surface area contributed by atoms with Crippen molar-refractivity contribution in [1.82, 2.24) is 4.90 Å². The zero-order chi connectivity index (χ0) is 15.1. The van der Waals surface area contributed by atoms with Crippen LogP contribution in [0.25, 0.3) is 0 Å². The molecule has 0 fully saturated rings. The van der Waals surface area contributed by atoms with Crippen LogP contribution in [0.15, 0.2) is 18.2 Å². The number of aliphatic hydroxyl groups is 1. The maximum absolute atomic E-state index is 13.3. The highest BCUT2D eigenvalue weighted by atomic mass is 19.1. The predicted octanol–water partition coefficient (Wildman–Crippen LogP) is 0.865. The first-order chi connectivity index (χ1) is 9.43. The van der Waals surface area contributed by atoms with E-state index in [0.29, 0.717) is 12.1 Å². The fraction of sp³-hybridized carbons (Fsp3) is 0.400. The van der Waals surface area contributed by atoms with Gasteiger partial charge in [-0.05, 0) is 31.5 Å². The number of benzene rings is 1. The van der Waals surface area contributed by atoms with Crippen molar-refractivity contribution in [3.8, 4) is 11.8 Å². The first-order valence-electron chi connectivity index (χ1n) is 6.34. The smallest absolute Gasteiger partial charge is 0.231 e. The second-order valence-electron chi connectivity index (χ2n) is 4.73. The van der Waals surface area contributed by atoms with E-state index in [1.54, 1.807) is 6.07 Å². The molecule has 0 aliphatic carbocycles. The van der Waals surface area contributed by atoms with Crippen LogP contribution in [0.1, 0.15) is 25.0 Å². The molecular formula is C15H19FN2O2. The highest BCUT2D eigenvalue weighted by molar-refractivity contribution is 5.76. The van der Waals surface area contributed by atoms with Gasteiger partial charge in [0.1, 0.15) is 12.4 Å². The maximum Gasteiger partial charge on any atom is 0.231 e. The molecule has 0 aliphatic heterocycles. The van der Waals surface area contributed by atoms with Crippen LogP contribution in [0, 0.1) is 17.7 Å². The third-order valence-electron chi connectivity index (χ3n) is 2.84. The Balaban J connectivity index is 3.02. The quantitative estimate of drug-likeness (QED) is 0.785. The van der Waals surface area contributed by atoms with Gasteiger partial charge in [0.15, 0.2) is 0 Å². The van der Waals surface area contributed by atoms with Gasteiger partial charge in [-0.2, -0.15) is 0 Å². The fourth-order valence-corrected chi connectivity index (χ4v) is 1.78. The molecule has 3 N–H and O–H groups in total. The predicted molar refractivity (Wildman–Crippen MR) is 75.1 cm³/mol. The highest BCUT2D eigenvalue weighted by Crippen LogP contribution is 2.14. The Morgan fingerprint density at radius 3 is 2.75 bits per heavy atom. The maximum atomic E-state index is 13.3. The Hall–Kier alpha value is -1.90. The van der Waals surface area contributed by atoms with Crippen molar-refractivity contribution in [2.75, 3.05) is 13.2 Å². The van der Waals surface area contributed by atoms with E-state index in [9.17, 15) is 9.18 Å². The summed E-state index contributed by atoms with van der Waals surface area (Å²) in [4.78, 5) is 12.9. The number of primary amides is 1. The summed E-state index contributed by atoms with van der Waals surface area (Å²) >= 11 is 0. The van der Waals surface area contributed by atoms with Crippen LogP contribution in [-0.2, 0) is 11.3 Å². The molecule has 1 aromatic rings. The monoisotopic (exact) mass is 278 g/mol. The van der Waals surface area contributed by atoms with E-state index in [4.69, 9.17) is 10.8 Å². The SMILES string of the molecule is CC(C)N(CC(N)=O)Cc1ccc(F)cc1C#CCO. The number of rotatable bonds is 5. The summed E-state index contributed by atoms with van der Waals surface area (Å²) in [5.41, 5.74) is 6.53. The number of carbonyl (C=O) groups excluding carboxylic acids is 1. The van der Waals surface area contributed by atoms with Crippen molar-refractivity contribution in [3.05, 3.63) is 35.1 Å². The average molecular weight is 278 g/mol. The molecule has 5 heteroatoms. The van der Waals surface area contributed by atoms with Crippen molar-refractivity contribution < 1.29 is 14.3 Å². The number of aliphatic hydroxyl groups excluding tert-OH is 1. The van der Waals surface area contributed by atoms with Gasteiger partial charge in [0, 0.05) is 18.2 Å². The number of nitrogens with two attached hydrogens (primary N) is 1. The number of hydrogen-bond acceptors (Lipinski definition) is 3. The van der Waals surface area contributed by atoms with Gasteiger partial charge in [-0.3, -0.25) is 9.69 Å². The Morgan fingerprint density at radius 1 is 1.50 bits per heavy atom. The summed E-state index contributed by atoms with van der Waals surface area (Å²) in [5, 5.41) is 8.74. The number of carbonyl (C=O) groups is 1. The Morgan fingerprint density at radius 2 is 2.20 bits per heavy atom. The molecule has 0 aromatic heterocycles. The average Bonchev–Trinajstić information content (AvgIpc) is 2.37. The van der Waals surface area contributed by atoms with Crippen LogP contribution < -0.4 is 5.73 Å². The summed E-state index contributed by atoms with van der Waals surface area (Å²) in [5.74, 6) is 4.42. The van der Waals surface area contributed by atoms with Crippen molar-refractivity contribution in [2.24, 2.45) is 5.73 Å². The Bertz CT molecular complexity index is 532. The fourth-order valence-electron chi connectivity index (χ4n) is 1.78. The molecule has 0 spiro atoms. The van der Waals surface area contributed by atoms with Gasteiger partial charge >= 0.3 is 0 Å². The van der Waals surface area contributed by atoms with Gasteiger partial charge in [-0.15, -0.1) is 0 Å². The summed E-state index contributed by atoms with van der Waals surface area (Å²) in [7, 11) is 0. The van der Waals surface area contributed by atoms with E-state index in [1.165, 1.54) is 12.1 Å². The summed E-state index contributed by atoms with van der Waals surface area (Å²) in [6.45, 7) is 4.18. The molecule has 0 heterocycles. The van der Waals surface area contributed by atoms with E-state index in [1.807, 2.05) is 18.7 Å². The van der Waals surface area contributed by atoms with Crippen LogP contribution in [0.3, 0.4) is 0 Å². The van der Waals surface area contributed by atoms with Crippen molar-refractivity contribution >= 4 is 5.91 Å². The normalized spacial score (nSPS) is 10.5. The number of amides is 1. The van der Waals surface area contributed by atoms with E-state index in [2.05, 4.69) is 11.8 Å². The summed E-state index contributed by atoms with van der Waals surface area (Å²) in [6.07, 6.45) is 0. The lowest BCUT2D eigenvalue weighted by Crippen LogP contribution is -2.38. The highest BCUT2D eigenvalue weighted by Gasteiger charge is 2.14. The number of nitrogens with zero attached hydrogens (tertiary/aromatic N) is 1. The molecule has 0 radical (unpaired) electrons. The molecule has 0 bridgehead atoms. The minimum Gasteiger partial charge on any atom is -0.384 e. The van der Waals surface area contributed by atoms with E-state index in [-0.39, 0.29) is 25.0 Å². The lowest BCUT2D eigenvalue weighted by atomic mass is 10.1. The number of hydrogen-bond donors (Lipinski definition) is 2. The molecule has 108 valence electrons. The summed E-state index contributed by atoms with van der Waals surface area (Å²) in [6, 6.07) is 4.42. The van der Waals surface area contributed by atoms with Crippen molar-refractivity contribution in [1.29, 1.82) is 0 Å². The second-order valence-corrected chi connectivity index (χ2v) is 4.73. The molecule has 0 atom stereocenters. The second kappa shape index (κ2) is 7.63. The van der Waals surface area contributed by atoms with Gasteiger partial charge in [-0.25, -0.2) is 4.39 Å². The van der Waals surface area contributed by atoms with Crippen LogP contribution >= 0.6 is 0 Å². The van der Waals surface area contributed by atoms with Crippen LogP contribution in [0.5, 0.6) is 0 Å². The molecule has 1 amide bonds. The van der Waals surface area contributed by atoms with E-state index >= 15 is 0 Å². The van der Waals surface area contributed by atoms with E-state index in [0.717, 1.165) is 5.56 Å². The molecule has 4 nitrogen and oxygen atoms in total. The lowest BCUT2D eigenvalue weighted by Gasteiger charge is -2.25. The molecule has 0 unspecified atom stereocenters. The first-order valence-corrected chi connectivity index (χ1v) is 6.34. The van der Waals surface area contributed by atoms with Crippen molar-refractivity contribution in [2.45, 2.75) is 26.4 Å². The minimum absolute atomic E-state index is 0.117. The molecule has 0 aliphatic rings. The van der Waals surface area contributed by atoms with Crippen LogP contribution in [-0.4, -0.2) is 35.1 Å². The van der Waals surface area contributed by atoms with Gasteiger partial charge in [0.05, 0.1) is 6.54 Å².